The molecular formula is C13H17ClO. The molecule has 0 saturated heterocycles. The second-order valence-electron chi connectivity index (χ2n) is 4.50. The molecule has 1 fully saturated rings. The van der Waals surface area contributed by atoms with Crippen molar-refractivity contribution in [2.75, 3.05) is 0 Å². The van der Waals surface area contributed by atoms with Gasteiger partial charge in [-0.25, -0.2) is 0 Å². The Hall–Kier alpha value is -0.530. The molecule has 1 aromatic rings. The molecule has 0 spiro atoms. The van der Waals surface area contributed by atoms with Gasteiger partial charge in [-0.2, -0.15) is 0 Å². The molecule has 0 bridgehead atoms. The Kier molecular flexibility index (Phi) is 3.03. The van der Waals surface area contributed by atoms with Gasteiger partial charge in [0.2, 0.25) is 0 Å². The topological polar surface area (TPSA) is 20.2 Å². The quantitative estimate of drug-likeness (QED) is 0.816. The van der Waals surface area contributed by atoms with E-state index in [1.54, 1.807) is 0 Å². The van der Waals surface area contributed by atoms with Gasteiger partial charge in [0.1, 0.15) is 0 Å². The van der Waals surface area contributed by atoms with Gasteiger partial charge in [-0.05, 0) is 35.4 Å². The minimum atomic E-state index is -0.140. The van der Waals surface area contributed by atoms with Gasteiger partial charge in [-0.15, -0.1) is 0 Å². The molecule has 82 valence electrons. The molecular weight excluding hydrogens is 208 g/mol. The zero-order valence-electron chi connectivity index (χ0n) is 9.15. The van der Waals surface area contributed by atoms with Crippen molar-refractivity contribution < 1.29 is 5.11 Å². The zero-order chi connectivity index (χ0) is 11.0. The maximum absolute atomic E-state index is 9.84. The summed E-state index contributed by atoms with van der Waals surface area (Å²) in [7, 11) is 0. The molecule has 1 aliphatic rings. The molecule has 4 unspecified atom stereocenters. The fraction of sp³-hybridized carbons (Fsp3) is 0.538. The summed E-state index contributed by atoms with van der Waals surface area (Å²) in [4.78, 5) is 0. The van der Waals surface area contributed by atoms with E-state index in [1.807, 2.05) is 18.2 Å². The first-order valence-corrected chi connectivity index (χ1v) is 5.96. The molecule has 2 rings (SSSR count). The minimum absolute atomic E-state index is 0.140. The van der Waals surface area contributed by atoms with Crippen molar-refractivity contribution in [1.82, 2.24) is 0 Å². The SMILES string of the molecule is CCC1C(O)C(C)C1c1cccc(Cl)c1. The number of benzene rings is 1. The van der Waals surface area contributed by atoms with Gasteiger partial charge in [0.25, 0.3) is 0 Å². The van der Waals surface area contributed by atoms with E-state index in [2.05, 4.69) is 19.9 Å². The van der Waals surface area contributed by atoms with Gasteiger partial charge < -0.3 is 5.11 Å². The molecule has 1 aliphatic carbocycles. The van der Waals surface area contributed by atoms with Crippen LogP contribution in [0.15, 0.2) is 24.3 Å². The molecule has 0 amide bonds. The third-order valence-corrected chi connectivity index (χ3v) is 3.95. The average molecular weight is 225 g/mol. The number of aliphatic hydroxyl groups excluding tert-OH is 1. The highest BCUT2D eigenvalue weighted by molar-refractivity contribution is 6.30. The first kappa shape index (κ1) is 11.0. The Labute approximate surface area is 96.1 Å². The Morgan fingerprint density at radius 1 is 1.40 bits per heavy atom. The summed E-state index contributed by atoms with van der Waals surface area (Å²) in [6.07, 6.45) is 0.891. The van der Waals surface area contributed by atoms with Gasteiger partial charge in [0, 0.05) is 5.02 Å². The van der Waals surface area contributed by atoms with E-state index in [0.717, 1.165) is 11.4 Å². The molecule has 4 atom stereocenters. The number of rotatable bonds is 2. The smallest absolute Gasteiger partial charge is 0.0605 e. The van der Waals surface area contributed by atoms with Gasteiger partial charge >= 0.3 is 0 Å². The van der Waals surface area contributed by atoms with Crippen LogP contribution in [0.4, 0.5) is 0 Å². The molecule has 1 saturated carbocycles. The monoisotopic (exact) mass is 224 g/mol. The number of hydrogen-bond donors (Lipinski definition) is 1. The second kappa shape index (κ2) is 4.15. The normalized spacial score (nSPS) is 34.9. The van der Waals surface area contributed by atoms with Crippen molar-refractivity contribution in [3.8, 4) is 0 Å². The summed E-state index contributed by atoms with van der Waals surface area (Å²) in [5.41, 5.74) is 1.27. The lowest BCUT2D eigenvalue weighted by Crippen LogP contribution is -2.47. The maximum Gasteiger partial charge on any atom is 0.0605 e. The van der Waals surface area contributed by atoms with E-state index in [4.69, 9.17) is 11.6 Å². The average Bonchev–Trinajstić information content (AvgIpc) is 2.24. The van der Waals surface area contributed by atoms with Crippen LogP contribution in [0.2, 0.25) is 5.02 Å². The molecule has 2 heteroatoms. The van der Waals surface area contributed by atoms with Crippen molar-refractivity contribution >= 4 is 11.6 Å². The fourth-order valence-corrected chi connectivity index (χ4v) is 3.02. The molecule has 1 nitrogen and oxygen atoms in total. The van der Waals surface area contributed by atoms with Gasteiger partial charge in [0.05, 0.1) is 6.10 Å². The van der Waals surface area contributed by atoms with Crippen molar-refractivity contribution in [2.24, 2.45) is 11.8 Å². The van der Waals surface area contributed by atoms with Crippen LogP contribution >= 0.6 is 11.6 Å². The van der Waals surface area contributed by atoms with Crippen LogP contribution in [0.5, 0.6) is 0 Å². The van der Waals surface area contributed by atoms with Gasteiger partial charge in [-0.1, -0.05) is 44.0 Å². The summed E-state index contributed by atoms with van der Waals surface area (Å²) < 4.78 is 0. The van der Waals surface area contributed by atoms with Crippen LogP contribution < -0.4 is 0 Å². The standard InChI is InChI=1S/C13H17ClO/c1-3-11-12(8(2)13(11)15)9-5-4-6-10(14)7-9/h4-8,11-13,15H,3H2,1-2H3. The summed E-state index contributed by atoms with van der Waals surface area (Å²) >= 11 is 5.98. The fourth-order valence-electron chi connectivity index (χ4n) is 2.82. The highest BCUT2D eigenvalue weighted by Crippen LogP contribution is 2.49. The Morgan fingerprint density at radius 3 is 2.73 bits per heavy atom. The third-order valence-electron chi connectivity index (χ3n) is 3.71. The van der Waals surface area contributed by atoms with E-state index in [1.165, 1.54) is 5.56 Å². The summed E-state index contributed by atoms with van der Waals surface area (Å²) in [6, 6.07) is 8.02. The lowest BCUT2D eigenvalue weighted by molar-refractivity contribution is -0.0582. The maximum atomic E-state index is 9.84. The summed E-state index contributed by atoms with van der Waals surface area (Å²) in [6.45, 7) is 4.25. The Balaban J connectivity index is 2.24. The van der Waals surface area contributed by atoms with Crippen molar-refractivity contribution in [3.05, 3.63) is 34.9 Å². The van der Waals surface area contributed by atoms with E-state index in [0.29, 0.717) is 17.8 Å². The minimum Gasteiger partial charge on any atom is -0.393 e. The molecule has 0 heterocycles. The summed E-state index contributed by atoms with van der Waals surface area (Å²) in [5.74, 6) is 1.23. The molecule has 1 N–H and O–H groups in total. The summed E-state index contributed by atoms with van der Waals surface area (Å²) in [5, 5.41) is 10.6. The molecule has 0 aromatic heterocycles. The van der Waals surface area contributed by atoms with Gasteiger partial charge in [0.15, 0.2) is 0 Å². The predicted molar refractivity (Wildman–Crippen MR) is 63.1 cm³/mol. The third kappa shape index (κ3) is 1.79. The Morgan fingerprint density at radius 2 is 2.13 bits per heavy atom. The van der Waals surface area contributed by atoms with E-state index < -0.39 is 0 Å². The highest BCUT2D eigenvalue weighted by atomic mass is 35.5. The van der Waals surface area contributed by atoms with Crippen LogP contribution in [-0.4, -0.2) is 11.2 Å². The number of aliphatic hydroxyl groups is 1. The molecule has 1 aromatic carbocycles. The van der Waals surface area contributed by atoms with Crippen molar-refractivity contribution in [2.45, 2.75) is 32.3 Å². The molecule has 15 heavy (non-hydrogen) atoms. The van der Waals surface area contributed by atoms with Crippen LogP contribution in [0.3, 0.4) is 0 Å². The van der Waals surface area contributed by atoms with Crippen LogP contribution in [0.25, 0.3) is 0 Å². The van der Waals surface area contributed by atoms with Crippen molar-refractivity contribution in [3.63, 3.8) is 0 Å². The first-order valence-electron chi connectivity index (χ1n) is 5.58. The van der Waals surface area contributed by atoms with Gasteiger partial charge in [-0.3, -0.25) is 0 Å². The molecule has 0 aliphatic heterocycles. The zero-order valence-corrected chi connectivity index (χ0v) is 9.91. The van der Waals surface area contributed by atoms with Crippen LogP contribution in [0.1, 0.15) is 31.7 Å². The second-order valence-corrected chi connectivity index (χ2v) is 4.94. The highest BCUT2D eigenvalue weighted by Gasteiger charge is 2.46. The molecule has 0 radical (unpaired) electrons. The first-order chi connectivity index (χ1) is 7.15. The van der Waals surface area contributed by atoms with E-state index in [9.17, 15) is 5.11 Å². The number of halogens is 1. The Bertz CT molecular complexity index is 350. The largest absolute Gasteiger partial charge is 0.393 e. The number of hydrogen-bond acceptors (Lipinski definition) is 1. The van der Waals surface area contributed by atoms with E-state index >= 15 is 0 Å². The van der Waals surface area contributed by atoms with Crippen LogP contribution in [-0.2, 0) is 0 Å². The lowest BCUT2D eigenvalue weighted by Gasteiger charge is -2.48. The lowest BCUT2D eigenvalue weighted by atomic mass is 9.59. The van der Waals surface area contributed by atoms with Crippen molar-refractivity contribution in [1.29, 1.82) is 0 Å². The van der Waals surface area contributed by atoms with E-state index in [-0.39, 0.29) is 6.10 Å². The van der Waals surface area contributed by atoms with Crippen LogP contribution in [0, 0.1) is 11.8 Å². The predicted octanol–water partition coefficient (Wildman–Crippen LogP) is 3.46.